The molecule has 0 spiro atoms. The Bertz CT molecular complexity index is 1480. The molecule has 1 fully saturated rings. The van der Waals surface area contributed by atoms with Crippen molar-refractivity contribution in [3.8, 4) is 0 Å². The summed E-state index contributed by atoms with van der Waals surface area (Å²) >= 11 is 0. The van der Waals surface area contributed by atoms with E-state index in [0.29, 0.717) is 26.1 Å². The van der Waals surface area contributed by atoms with E-state index in [1.54, 1.807) is 0 Å². The predicted octanol–water partition coefficient (Wildman–Crippen LogP) is 3.87. The maximum absolute atomic E-state index is 12.2. The zero-order chi connectivity index (χ0) is 36.1. The maximum atomic E-state index is 12.2. The molecule has 2 aromatic carbocycles. The molecule has 16 heteroatoms. The number of carboxylic acids is 2. The predicted molar refractivity (Wildman–Crippen MR) is 180 cm³/mol. The van der Waals surface area contributed by atoms with Gasteiger partial charge in [0.1, 0.15) is 20.0 Å². The Morgan fingerprint density at radius 3 is 1.20 bits per heavy atom. The van der Waals surface area contributed by atoms with Crippen LogP contribution in [0.5, 0.6) is 0 Å². The van der Waals surface area contributed by atoms with Crippen molar-refractivity contribution in [2.24, 2.45) is 0 Å². The minimum Gasteiger partial charge on any atom is -0.478 e. The van der Waals surface area contributed by atoms with Crippen LogP contribution in [-0.2, 0) is 39.1 Å². The number of aromatic carboxylic acids is 2. The van der Waals surface area contributed by atoms with Gasteiger partial charge in [0.15, 0.2) is 0 Å². The van der Waals surface area contributed by atoms with Gasteiger partial charge in [-0.3, -0.25) is 9.59 Å². The Morgan fingerprint density at radius 1 is 0.540 bits per heavy atom. The molecule has 0 saturated carbocycles. The van der Waals surface area contributed by atoms with E-state index in [4.69, 9.17) is 19.7 Å². The molecule has 0 radical (unpaired) electrons. The van der Waals surface area contributed by atoms with Crippen LogP contribution in [0.4, 0.5) is 0 Å². The summed E-state index contributed by atoms with van der Waals surface area (Å²) in [6.45, 7) is 1.18. The Balaban J connectivity index is 0.000000491. The molecule has 0 unspecified atom stereocenters. The third kappa shape index (κ3) is 18.4. The molecular formula is C34H46NNaO12S2. The third-order valence-corrected chi connectivity index (χ3v) is 10.8. The van der Waals surface area contributed by atoms with Gasteiger partial charge < -0.3 is 23.8 Å². The number of rotatable bonds is 6. The number of carbonyl (C=O) groups excluding carboxylic acids is 2. The van der Waals surface area contributed by atoms with E-state index in [1.807, 2.05) is 0 Å². The summed E-state index contributed by atoms with van der Waals surface area (Å²) in [6, 6.07) is 8.04. The van der Waals surface area contributed by atoms with Crippen molar-refractivity contribution in [1.82, 2.24) is 0 Å². The molecule has 2 N–H and O–H groups in total. The van der Waals surface area contributed by atoms with Gasteiger partial charge in [-0.15, -0.1) is 0 Å². The summed E-state index contributed by atoms with van der Waals surface area (Å²) in [4.78, 5) is 43.7. The summed E-state index contributed by atoms with van der Waals surface area (Å²) in [5, 5.41) is 17.7. The van der Waals surface area contributed by atoms with E-state index in [1.165, 1.54) is 25.7 Å². The van der Waals surface area contributed by atoms with E-state index < -0.39 is 41.8 Å². The van der Waals surface area contributed by atoms with Crippen molar-refractivity contribution >= 4 is 43.9 Å². The average Bonchev–Trinajstić information content (AvgIpc) is 3.06. The van der Waals surface area contributed by atoms with Crippen LogP contribution in [0.2, 0.25) is 0 Å². The second-order valence-corrected chi connectivity index (χ2v) is 15.0. The zero-order valence-corrected chi connectivity index (χ0v) is 32.2. The van der Waals surface area contributed by atoms with Gasteiger partial charge in [-0.05, 0) is 62.1 Å². The van der Waals surface area contributed by atoms with Gasteiger partial charge in [0, 0.05) is 22.6 Å². The van der Waals surface area contributed by atoms with Crippen molar-refractivity contribution in [2.75, 3.05) is 13.2 Å². The Hall–Kier alpha value is -2.82. The smallest absolute Gasteiger partial charge is 0.478 e. The zero-order valence-electron chi connectivity index (χ0n) is 28.6. The van der Waals surface area contributed by atoms with Crippen LogP contribution in [0.3, 0.4) is 0 Å². The molecule has 0 aromatic heterocycles. The van der Waals surface area contributed by atoms with Crippen LogP contribution in [0.25, 0.3) is 4.13 Å². The molecule has 1 saturated heterocycles. The molecule has 0 aliphatic carbocycles. The number of hydrogen-bond acceptors (Lipinski definition) is 10. The van der Waals surface area contributed by atoms with E-state index in [9.17, 15) is 36.0 Å². The van der Waals surface area contributed by atoms with Gasteiger partial charge in [-0.2, -0.15) is 0 Å². The molecule has 50 heavy (non-hydrogen) atoms. The first-order valence-electron chi connectivity index (χ1n) is 16.5. The second kappa shape index (κ2) is 24.4. The van der Waals surface area contributed by atoms with Crippen LogP contribution in [0.15, 0.2) is 58.3 Å². The van der Waals surface area contributed by atoms with Crippen LogP contribution in [-0.4, -0.2) is 64.1 Å². The number of nitrogens with zero attached hydrogens (tertiary/aromatic N) is 1. The SMILES string of the molecule is O=C(O)c1cccc(S(=O)(=O)[N-]S(=O)(=O)c2cccc(C(=O)O)c2)c1.O=C1CCCCCCCCC(=O)OCCCCCCCCCCO1.[Na+]. The molecule has 1 aliphatic heterocycles. The molecule has 13 nitrogen and oxygen atoms in total. The molecule has 2 aromatic rings. The first-order valence-corrected chi connectivity index (χ1v) is 19.4. The minimum atomic E-state index is -4.73. The second-order valence-electron chi connectivity index (χ2n) is 11.6. The fraction of sp³-hybridized carbons (Fsp3) is 0.529. The Labute approximate surface area is 316 Å². The van der Waals surface area contributed by atoms with Gasteiger partial charge in [-0.25, -0.2) is 26.4 Å². The van der Waals surface area contributed by atoms with Crippen LogP contribution in [0.1, 0.15) is 123 Å². The van der Waals surface area contributed by atoms with E-state index in [0.717, 1.165) is 113 Å². The Morgan fingerprint density at radius 2 is 0.860 bits per heavy atom. The third-order valence-electron chi connectivity index (χ3n) is 7.53. The van der Waals surface area contributed by atoms with Crippen LogP contribution in [0, 0.1) is 0 Å². The topological polar surface area (TPSA) is 210 Å². The largest absolute Gasteiger partial charge is 1.00 e. The van der Waals surface area contributed by atoms with E-state index in [-0.39, 0.29) is 52.6 Å². The monoisotopic (exact) mass is 747 g/mol. The first kappa shape index (κ1) is 45.2. The summed E-state index contributed by atoms with van der Waals surface area (Å²) in [6.07, 6.45) is 16.5. The van der Waals surface area contributed by atoms with E-state index in [2.05, 4.69) is 4.13 Å². The Kier molecular flexibility index (Phi) is 22.0. The molecule has 0 atom stereocenters. The number of benzene rings is 2. The fourth-order valence-corrected chi connectivity index (χ4v) is 7.60. The number of carboxylic acid groups (broad SMARTS) is 2. The van der Waals surface area contributed by atoms with Gasteiger partial charge in [-0.1, -0.05) is 76.3 Å². The fourth-order valence-electron chi connectivity index (χ4n) is 4.82. The molecule has 1 heterocycles. The molecule has 272 valence electrons. The molecular weight excluding hydrogens is 701 g/mol. The van der Waals surface area contributed by atoms with Gasteiger partial charge >= 0.3 is 53.4 Å². The first-order chi connectivity index (χ1) is 23.3. The molecule has 3 rings (SSSR count). The van der Waals surface area contributed by atoms with Crippen molar-refractivity contribution < 1.29 is 85.3 Å². The van der Waals surface area contributed by atoms with Crippen LogP contribution < -0.4 is 29.6 Å². The number of ether oxygens (including phenoxy) is 2. The van der Waals surface area contributed by atoms with Gasteiger partial charge in [0.2, 0.25) is 0 Å². The van der Waals surface area contributed by atoms with Crippen molar-refractivity contribution in [2.45, 2.75) is 113 Å². The normalized spacial score (nSPS) is 16.7. The summed E-state index contributed by atoms with van der Waals surface area (Å²) in [5.41, 5.74) is -0.719. The van der Waals surface area contributed by atoms with Crippen molar-refractivity contribution in [1.29, 1.82) is 0 Å². The standard InChI is InChI=1S/C20H36O4.C14H10NO8S2.Na/c21-19-15-11-7-3-4-8-12-16-20(22)24-18-14-10-6-2-1-5-9-13-17-23-19;16-13(17)9-3-1-5-11(7-9)24(20,21)15-25(22,23)12-6-2-4-10(8-12)14(18)19;/h1-18H2;1-8H,(H,16,17)(H,18,19);/q;-1;+1. The summed E-state index contributed by atoms with van der Waals surface area (Å²) in [5.74, 6) is -2.87. The summed E-state index contributed by atoms with van der Waals surface area (Å²) < 4.78 is 62.0. The van der Waals surface area contributed by atoms with Crippen LogP contribution >= 0.6 is 0 Å². The van der Waals surface area contributed by atoms with E-state index >= 15 is 0 Å². The maximum Gasteiger partial charge on any atom is 1.00 e. The summed E-state index contributed by atoms with van der Waals surface area (Å²) in [7, 11) is -9.46. The van der Waals surface area contributed by atoms with Crippen molar-refractivity contribution in [3.05, 3.63) is 63.8 Å². The molecule has 1 aliphatic rings. The minimum absolute atomic E-state index is 0. The number of sulfonamides is 2. The number of hydrogen-bond donors (Lipinski definition) is 2. The molecule has 0 bridgehead atoms. The average molecular weight is 748 g/mol. The molecule has 0 amide bonds. The van der Waals surface area contributed by atoms with Gasteiger partial charge in [0.25, 0.3) is 0 Å². The number of carbonyl (C=O) groups is 4. The number of esters is 2. The van der Waals surface area contributed by atoms with Crippen molar-refractivity contribution in [3.63, 3.8) is 0 Å². The number of cyclic esters (lactones) is 2. The quantitative estimate of drug-likeness (QED) is 0.319. The van der Waals surface area contributed by atoms with Gasteiger partial charge in [0.05, 0.1) is 24.3 Å².